The Balaban J connectivity index is 1.93. The van der Waals surface area contributed by atoms with Gasteiger partial charge in [0.25, 0.3) is 0 Å². The number of amides is 1. The molecule has 0 atom stereocenters. The number of halogens is 1. The highest BCUT2D eigenvalue weighted by Gasteiger charge is 2.31. The number of hydrogen-bond acceptors (Lipinski definition) is 3. The Morgan fingerprint density at radius 3 is 2.50 bits per heavy atom. The molecule has 1 N–H and O–H groups in total. The number of aromatic nitrogens is 3. The molecule has 1 fully saturated rings. The molecule has 6 heteroatoms. The summed E-state index contributed by atoms with van der Waals surface area (Å²) in [6.45, 7) is 6.38. The van der Waals surface area contributed by atoms with Gasteiger partial charge < -0.3 is 9.88 Å². The molecule has 134 valence electrons. The Kier molecular flexibility index (Phi) is 3.99. The number of nitrogens with one attached hydrogen (secondary N) is 1. The maximum absolute atomic E-state index is 12.3. The van der Waals surface area contributed by atoms with Crippen molar-refractivity contribution in [3.8, 4) is 11.1 Å². The van der Waals surface area contributed by atoms with Gasteiger partial charge in [0, 0.05) is 28.2 Å². The van der Waals surface area contributed by atoms with Crippen molar-refractivity contribution in [2.75, 3.05) is 5.32 Å². The molecule has 1 amide bonds. The van der Waals surface area contributed by atoms with Gasteiger partial charge in [-0.15, -0.1) is 0 Å². The largest absolute Gasteiger partial charge is 0.326 e. The van der Waals surface area contributed by atoms with Gasteiger partial charge in [-0.3, -0.25) is 4.79 Å². The van der Waals surface area contributed by atoms with Gasteiger partial charge in [-0.05, 0) is 51.3 Å². The van der Waals surface area contributed by atoms with Gasteiger partial charge in [0.15, 0.2) is 0 Å². The Bertz CT molecular complexity index is 981. The van der Waals surface area contributed by atoms with Crippen LogP contribution in [0.15, 0.2) is 36.8 Å². The molecule has 0 aliphatic heterocycles. The zero-order valence-corrected chi connectivity index (χ0v) is 15.8. The number of anilines is 1. The predicted molar refractivity (Wildman–Crippen MR) is 104 cm³/mol. The van der Waals surface area contributed by atoms with E-state index in [1.54, 1.807) is 0 Å². The average Bonchev–Trinajstić information content (AvgIpc) is 3.35. The lowest BCUT2D eigenvalue weighted by Crippen LogP contribution is -2.21. The van der Waals surface area contributed by atoms with Gasteiger partial charge in [0.2, 0.25) is 5.91 Å². The first-order valence-corrected chi connectivity index (χ1v) is 9.16. The second-order valence-electron chi connectivity index (χ2n) is 7.77. The number of carbonyl (C=O) groups is 1. The fourth-order valence-electron chi connectivity index (χ4n) is 3.08. The first-order chi connectivity index (χ1) is 12.3. The van der Waals surface area contributed by atoms with Crippen molar-refractivity contribution in [1.82, 2.24) is 14.5 Å². The van der Waals surface area contributed by atoms with Gasteiger partial charge in [0.05, 0.1) is 5.39 Å². The minimum Gasteiger partial charge on any atom is -0.326 e. The second kappa shape index (κ2) is 6.09. The summed E-state index contributed by atoms with van der Waals surface area (Å²) < 4.78 is 2.13. The van der Waals surface area contributed by atoms with Crippen LogP contribution in [0.5, 0.6) is 0 Å². The molecule has 3 aromatic rings. The van der Waals surface area contributed by atoms with Gasteiger partial charge in [-0.25, -0.2) is 9.97 Å². The number of benzene rings is 1. The monoisotopic (exact) mass is 368 g/mol. The van der Waals surface area contributed by atoms with Crippen molar-refractivity contribution in [3.05, 3.63) is 41.8 Å². The number of rotatable bonds is 3. The fraction of sp³-hybridized carbons (Fsp3) is 0.350. The topological polar surface area (TPSA) is 59.8 Å². The molecule has 2 aromatic heterocycles. The van der Waals surface area contributed by atoms with E-state index in [2.05, 4.69) is 46.8 Å². The molecule has 1 saturated carbocycles. The lowest BCUT2D eigenvalue weighted by Gasteiger charge is -2.21. The molecule has 1 aliphatic carbocycles. The maximum Gasteiger partial charge on any atom is 0.228 e. The normalized spacial score (nSPS) is 14.6. The fourth-order valence-corrected chi connectivity index (χ4v) is 3.21. The standard InChI is InChI=1S/C20H21ClN4O/c1-20(2,3)25-10-15(12-6-8-14(21)9-7-12)16-17(22-11-23-18(16)25)24-19(26)13-4-5-13/h6-11,13H,4-5H2,1-3H3,(H,22,23,24,26). The van der Waals surface area contributed by atoms with Crippen molar-refractivity contribution in [1.29, 1.82) is 0 Å². The summed E-state index contributed by atoms with van der Waals surface area (Å²) in [5, 5.41) is 4.55. The van der Waals surface area contributed by atoms with E-state index in [0.29, 0.717) is 10.8 Å². The van der Waals surface area contributed by atoms with Gasteiger partial charge in [-0.1, -0.05) is 23.7 Å². The van der Waals surface area contributed by atoms with Crippen LogP contribution in [-0.4, -0.2) is 20.4 Å². The van der Waals surface area contributed by atoms with Crippen LogP contribution in [0.2, 0.25) is 5.02 Å². The summed E-state index contributed by atoms with van der Waals surface area (Å²) in [5.74, 6) is 0.721. The maximum atomic E-state index is 12.3. The van der Waals surface area contributed by atoms with Gasteiger partial charge in [0.1, 0.15) is 17.8 Å². The molecule has 4 rings (SSSR count). The Morgan fingerprint density at radius 2 is 1.88 bits per heavy atom. The smallest absolute Gasteiger partial charge is 0.228 e. The Hall–Kier alpha value is -2.40. The van der Waals surface area contributed by atoms with E-state index < -0.39 is 0 Å². The molecule has 26 heavy (non-hydrogen) atoms. The van der Waals surface area contributed by atoms with E-state index in [1.807, 2.05) is 24.3 Å². The van der Waals surface area contributed by atoms with Crippen LogP contribution in [0, 0.1) is 5.92 Å². The van der Waals surface area contributed by atoms with Crippen molar-refractivity contribution < 1.29 is 4.79 Å². The van der Waals surface area contributed by atoms with Crippen molar-refractivity contribution in [2.45, 2.75) is 39.2 Å². The number of fused-ring (bicyclic) bond motifs is 1. The van der Waals surface area contributed by atoms with E-state index in [9.17, 15) is 4.79 Å². The summed E-state index contributed by atoms with van der Waals surface area (Å²) in [4.78, 5) is 21.2. The van der Waals surface area contributed by atoms with E-state index in [1.165, 1.54) is 6.33 Å². The summed E-state index contributed by atoms with van der Waals surface area (Å²) >= 11 is 6.05. The average molecular weight is 369 g/mol. The third-order valence-corrected chi connectivity index (χ3v) is 4.90. The van der Waals surface area contributed by atoms with Crippen LogP contribution in [0.4, 0.5) is 5.82 Å². The lowest BCUT2D eigenvalue weighted by atomic mass is 10.1. The van der Waals surface area contributed by atoms with Gasteiger partial charge >= 0.3 is 0 Å². The van der Waals surface area contributed by atoms with Crippen LogP contribution in [0.25, 0.3) is 22.2 Å². The number of carbonyl (C=O) groups excluding carboxylic acids is 1. The Labute approximate surface area is 157 Å². The van der Waals surface area contributed by atoms with Crippen LogP contribution < -0.4 is 5.32 Å². The molecule has 2 heterocycles. The van der Waals surface area contributed by atoms with Crippen LogP contribution >= 0.6 is 11.6 Å². The minimum absolute atomic E-state index is 0.0376. The molecular formula is C20H21ClN4O. The highest BCUT2D eigenvalue weighted by atomic mass is 35.5. The molecule has 0 spiro atoms. The molecule has 0 bridgehead atoms. The van der Waals surface area contributed by atoms with Crippen LogP contribution in [-0.2, 0) is 10.3 Å². The summed E-state index contributed by atoms with van der Waals surface area (Å²) in [6.07, 6.45) is 5.49. The SMILES string of the molecule is CC(C)(C)n1cc(-c2ccc(Cl)cc2)c2c(NC(=O)C3CC3)ncnc21. The molecule has 0 unspecified atom stereocenters. The van der Waals surface area contributed by atoms with E-state index in [0.717, 1.165) is 35.0 Å². The third-order valence-electron chi connectivity index (χ3n) is 4.65. The molecular weight excluding hydrogens is 348 g/mol. The first kappa shape index (κ1) is 17.0. The molecule has 5 nitrogen and oxygen atoms in total. The summed E-state index contributed by atoms with van der Waals surface area (Å²) in [5.41, 5.74) is 2.65. The van der Waals surface area contributed by atoms with E-state index in [-0.39, 0.29) is 17.4 Å². The highest BCUT2D eigenvalue weighted by molar-refractivity contribution is 6.30. The zero-order chi connectivity index (χ0) is 18.5. The molecule has 0 radical (unpaired) electrons. The summed E-state index contributed by atoms with van der Waals surface area (Å²) in [7, 11) is 0. The highest BCUT2D eigenvalue weighted by Crippen LogP contribution is 2.38. The van der Waals surface area contributed by atoms with E-state index >= 15 is 0 Å². The third kappa shape index (κ3) is 3.07. The van der Waals surface area contributed by atoms with Crippen molar-refractivity contribution in [2.24, 2.45) is 5.92 Å². The summed E-state index contributed by atoms with van der Waals surface area (Å²) in [6, 6.07) is 7.68. The van der Waals surface area contributed by atoms with Crippen molar-refractivity contribution in [3.63, 3.8) is 0 Å². The quantitative estimate of drug-likeness (QED) is 0.718. The predicted octanol–water partition coefficient (Wildman–Crippen LogP) is 4.86. The lowest BCUT2D eigenvalue weighted by molar-refractivity contribution is -0.117. The first-order valence-electron chi connectivity index (χ1n) is 8.78. The Morgan fingerprint density at radius 1 is 1.19 bits per heavy atom. The van der Waals surface area contributed by atoms with Crippen molar-refractivity contribution >= 4 is 34.4 Å². The van der Waals surface area contributed by atoms with Crippen LogP contribution in [0.1, 0.15) is 33.6 Å². The molecule has 1 aromatic carbocycles. The zero-order valence-electron chi connectivity index (χ0n) is 15.1. The molecule has 1 aliphatic rings. The minimum atomic E-state index is -0.158. The number of nitrogens with zero attached hydrogens (tertiary/aromatic N) is 3. The second-order valence-corrected chi connectivity index (χ2v) is 8.21. The van der Waals surface area contributed by atoms with E-state index in [4.69, 9.17) is 11.6 Å². The number of hydrogen-bond donors (Lipinski definition) is 1. The van der Waals surface area contributed by atoms with Gasteiger partial charge in [-0.2, -0.15) is 0 Å². The molecule has 0 saturated heterocycles. The van der Waals surface area contributed by atoms with Crippen LogP contribution in [0.3, 0.4) is 0 Å².